The van der Waals surface area contributed by atoms with E-state index in [1.54, 1.807) is 11.3 Å². The summed E-state index contributed by atoms with van der Waals surface area (Å²) in [5.41, 5.74) is 8.69. The first-order chi connectivity index (χ1) is 8.81. The quantitative estimate of drug-likeness (QED) is 0.733. The highest BCUT2D eigenvalue weighted by Gasteiger charge is 2.03. The molecular formula is C13H12N4S. The molecule has 3 aromatic rings. The molecule has 0 spiro atoms. The molecule has 2 N–H and O–H groups in total. The Balaban J connectivity index is 1.85. The van der Waals surface area contributed by atoms with E-state index in [1.807, 2.05) is 52.9 Å². The molecule has 18 heavy (non-hydrogen) atoms. The van der Waals surface area contributed by atoms with Crippen LogP contribution in [0.25, 0.3) is 11.1 Å². The van der Waals surface area contributed by atoms with Gasteiger partial charge in [0.05, 0.1) is 12.7 Å². The third-order valence-corrected chi connectivity index (χ3v) is 3.40. The number of nitrogens with zero attached hydrogens (tertiary/aromatic N) is 3. The lowest BCUT2D eigenvalue weighted by molar-refractivity contribution is 0.683. The second-order valence-electron chi connectivity index (χ2n) is 3.98. The summed E-state index contributed by atoms with van der Waals surface area (Å²) < 4.78 is 1.89. The Morgan fingerprint density at radius 2 is 2.22 bits per heavy atom. The maximum absolute atomic E-state index is 5.78. The van der Waals surface area contributed by atoms with Gasteiger partial charge in [0.15, 0.2) is 0 Å². The molecule has 0 aliphatic carbocycles. The normalized spacial score (nSPS) is 10.7. The topological polar surface area (TPSA) is 56.7 Å². The van der Waals surface area contributed by atoms with Crippen LogP contribution in [-0.2, 0) is 6.54 Å². The Labute approximate surface area is 109 Å². The van der Waals surface area contributed by atoms with Crippen molar-refractivity contribution in [3.63, 3.8) is 0 Å². The van der Waals surface area contributed by atoms with E-state index >= 15 is 0 Å². The van der Waals surface area contributed by atoms with Crippen molar-refractivity contribution >= 4 is 17.0 Å². The maximum Gasteiger partial charge on any atom is 0.114 e. The summed E-state index contributed by atoms with van der Waals surface area (Å²) >= 11 is 1.63. The van der Waals surface area contributed by atoms with Crippen molar-refractivity contribution in [3.05, 3.63) is 53.2 Å². The summed E-state index contributed by atoms with van der Waals surface area (Å²) in [4.78, 5) is 4.25. The Bertz CT molecular complexity index is 643. The average Bonchev–Trinajstić information content (AvgIpc) is 3.01. The number of hydrogen-bond acceptors (Lipinski definition) is 4. The summed E-state index contributed by atoms with van der Waals surface area (Å²) in [7, 11) is 0. The molecule has 0 atom stereocenters. The molecule has 0 radical (unpaired) electrons. The van der Waals surface area contributed by atoms with Gasteiger partial charge in [-0.3, -0.25) is 4.68 Å². The van der Waals surface area contributed by atoms with Gasteiger partial charge < -0.3 is 5.73 Å². The second-order valence-corrected chi connectivity index (χ2v) is 4.96. The van der Waals surface area contributed by atoms with Gasteiger partial charge in [-0.15, -0.1) is 11.3 Å². The van der Waals surface area contributed by atoms with Crippen LogP contribution in [0.2, 0.25) is 0 Å². The molecule has 0 unspecified atom stereocenters. The minimum Gasteiger partial charge on any atom is -0.399 e. The molecule has 1 aromatic carbocycles. The third-order valence-electron chi connectivity index (χ3n) is 2.63. The van der Waals surface area contributed by atoms with E-state index in [2.05, 4.69) is 10.1 Å². The van der Waals surface area contributed by atoms with Crippen molar-refractivity contribution < 1.29 is 0 Å². The molecule has 0 bridgehead atoms. The van der Waals surface area contributed by atoms with E-state index in [4.69, 9.17) is 5.73 Å². The zero-order valence-electron chi connectivity index (χ0n) is 9.65. The molecule has 2 heterocycles. The summed E-state index contributed by atoms with van der Waals surface area (Å²) in [5, 5.41) is 7.36. The molecule has 2 aromatic heterocycles. The van der Waals surface area contributed by atoms with Crippen LogP contribution in [0.5, 0.6) is 0 Å². The zero-order chi connectivity index (χ0) is 12.4. The lowest BCUT2D eigenvalue weighted by Crippen LogP contribution is -1.98. The van der Waals surface area contributed by atoms with Crippen molar-refractivity contribution in [2.75, 3.05) is 5.73 Å². The molecule has 0 aliphatic heterocycles. The van der Waals surface area contributed by atoms with Gasteiger partial charge in [0.25, 0.3) is 0 Å². The smallest absolute Gasteiger partial charge is 0.114 e. The van der Waals surface area contributed by atoms with E-state index in [0.717, 1.165) is 21.8 Å². The predicted molar refractivity (Wildman–Crippen MR) is 73.3 cm³/mol. The fourth-order valence-electron chi connectivity index (χ4n) is 1.79. The van der Waals surface area contributed by atoms with Crippen LogP contribution in [0.3, 0.4) is 0 Å². The maximum atomic E-state index is 5.78. The van der Waals surface area contributed by atoms with Gasteiger partial charge in [-0.2, -0.15) is 5.10 Å². The number of anilines is 1. The third kappa shape index (κ3) is 2.26. The van der Waals surface area contributed by atoms with Crippen LogP contribution < -0.4 is 5.73 Å². The Kier molecular flexibility index (Phi) is 2.82. The highest BCUT2D eigenvalue weighted by Crippen LogP contribution is 2.21. The molecule has 0 fully saturated rings. The highest BCUT2D eigenvalue weighted by atomic mass is 32.1. The first-order valence-corrected chi connectivity index (χ1v) is 6.46. The van der Waals surface area contributed by atoms with Gasteiger partial charge in [0.2, 0.25) is 0 Å². The number of nitrogens with two attached hydrogens (primary N) is 1. The van der Waals surface area contributed by atoms with Gasteiger partial charge in [0.1, 0.15) is 5.01 Å². The van der Waals surface area contributed by atoms with Crippen molar-refractivity contribution in [2.24, 2.45) is 0 Å². The van der Waals surface area contributed by atoms with E-state index in [-0.39, 0.29) is 0 Å². The van der Waals surface area contributed by atoms with E-state index in [9.17, 15) is 0 Å². The van der Waals surface area contributed by atoms with Gasteiger partial charge >= 0.3 is 0 Å². The highest BCUT2D eigenvalue weighted by molar-refractivity contribution is 7.09. The molecule has 4 nitrogen and oxygen atoms in total. The predicted octanol–water partition coefficient (Wildman–Crippen LogP) is 2.64. The van der Waals surface area contributed by atoms with Crippen LogP contribution >= 0.6 is 11.3 Å². The standard InChI is InChI=1S/C13H12N4S/c14-12-3-1-2-10(6-12)11-7-16-17(8-11)9-13-15-4-5-18-13/h1-8H,9,14H2. The van der Waals surface area contributed by atoms with Crippen LogP contribution in [0.4, 0.5) is 5.69 Å². The molecule has 0 saturated carbocycles. The number of aromatic nitrogens is 3. The number of hydrogen-bond donors (Lipinski definition) is 1. The van der Waals surface area contributed by atoms with Crippen molar-refractivity contribution in [1.29, 1.82) is 0 Å². The van der Waals surface area contributed by atoms with Crippen LogP contribution in [-0.4, -0.2) is 14.8 Å². The summed E-state index contributed by atoms with van der Waals surface area (Å²) in [6.07, 6.45) is 5.67. The molecular weight excluding hydrogens is 244 g/mol. The summed E-state index contributed by atoms with van der Waals surface area (Å²) in [5.74, 6) is 0. The zero-order valence-corrected chi connectivity index (χ0v) is 10.5. The summed E-state index contributed by atoms with van der Waals surface area (Å²) in [6, 6.07) is 7.80. The Morgan fingerprint density at radius 3 is 3.00 bits per heavy atom. The van der Waals surface area contributed by atoms with E-state index < -0.39 is 0 Å². The molecule has 0 aliphatic rings. The molecule has 90 valence electrons. The average molecular weight is 256 g/mol. The van der Waals surface area contributed by atoms with Gasteiger partial charge in [0, 0.05) is 29.0 Å². The minimum atomic E-state index is 0.708. The van der Waals surface area contributed by atoms with Crippen LogP contribution in [0.15, 0.2) is 48.2 Å². The molecule has 5 heteroatoms. The Morgan fingerprint density at radius 1 is 1.28 bits per heavy atom. The monoisotopic (exact) mass is 256 g/mol. The second kappa shape index (κ2) is 4.62. The molecule has 3 rings (SSSR count). The lowest BCUT2D eigenvalue weighted by atomic mass is 10.1. The van der Waals surface area contributed by atoms with E-state index in [0.29, 0.717) is 6.54 Å². The Hall–Kier alpha value is -2.14. The largest absolute Gasteiger partial charge is 0.399 e. The lowest BCUT2D eigenvalue weighted by Gasteiger charge is -1.99. The fraction of sp³-hybridized carbons (Fsp3) is 0.0769. The molecule has 0 saturated heterocycles. The first-order valence-electron chi connectivity index (χ1n) is 5.58. The SMILES string of the molecule is Nc1cccc(-c2cnn(Cc3nccs3)c2)c1. The van der Waals surface area contributed by atoms with Crippen LogP contribution in [0.1, 0.15) is 5.01 Å². The number of nitrogen functional groups attached to an aromatic ring is 1. The minimum absolute atomic E-state index is 0.708. The molecule has 0 amide bonds. The fourth-order valence-corrected chi connectivity index (χ4v) is 2.39. The van der Waals surface area contributed by atoms with Crippen molar-refractivity contribution in [3.8, 4) is 11.1 Å². The van der Waals surface area contributed by atoms with Crippen LogP contribution in [0, 0.1) is 0 Å². The van der Waals surface area contributed by atoms with Gasteiger partial charge in [-0.1, -0.05) is 12.1 Å². The first kappa shape index (κ1) is 11.0. The number of benzene rings is 1. The summed E-state index contributed by atoms with van der Waals surface area (Å²) in [6.45, 7) is 0.708. The van der Waals surface area contributed by atoms with Crippen molar-refractivity contribution in [1.82, 2.24) is 14.8 Å². The van der Waals surface area contributed by atoms with E-state index in [1.165, 1.54) is 0 Å². The van der Waals surface area contributed by atoms with Crippen molar-refractivity contribution in [2.45, 2.75) is 6.54 Å². The number of thiazole rings is 1. The number of rotatable bonds is 3. The van der Waals surface area contributed by atoms with Gasteiger partial charge in [-0.05, 0) is 17.7 Å². The van der Waals surface area contributed by atoms with Gasteiger partial charge in [-0.25, -0.2) is 4.98 Å².